The van der Waals surface area contributed by atoms with E-state index in [1.807, 2.05) is 67.9 Å². The molecule has 4 aromatic rings. The SMILES string of the molecule is CCn1cnc2c(c(-c3ccccn3)c(-c3ccc([C@]4(N)C[C@](C)(O)C4)cc3)n2C)c1=O. The Morgan fingerprint density at radius 3 is 2.44 bits per heavy atom. The Kier molecular flexibility index (Phi) is 4.58. The van der Waals surface area contributed by atoms with Gasteiger partial charge in [-0.3, -0.25) is 14.3 Å². The minimum atomic E-state index is -0.708. The number of pyridine rings is 1. The topological polar surface area (TPSA) is 99.0 Å². The van der Waals surface area contributed by atoms with Crippen molar-refractivity contribution in [3.8, 4) is 22.5 Å². The van der Waals surface area contributed by atoms with Crippen LogP contribution in [0.5, 0.6) is 0 Å². The van der Waals surface area contributed by atoms with Crippen LogP contribution >= 0.6 is 0 Å². The molecular formula is C25H27N5O2. The van der Waals surface area contributed by atoms with Gasteiger partial charge in [0, 0.05) is 30.9 Å². The molecule has 32 heavy (non-hydrogen) atoms. The van der Waals surface area contributed by atoms with Crippen LogP contribution in [0.2, 0.25) is 0 Å². The van der Waals surface area contributed by atoms with Crippen LogP contribution in [-0.4, -0.2) is 29.8 Å². The standard InChI is InChI=1S/C25H27N5O2/c1-4-30-15-28-22-20(23(30)31)19(18-7-5-6-12-27-18)21(29(22)3)16-8-10-17(11-9-16)25(26)13-24(2,32)14-25/h5-12,15,32H,4,13-14,26H2,1-3H3/t24-,25-. The number of aryl methyl sites for hydroxylation is 2. The highest BCUT2D eigenvalue weighted by molar-refractivity contribution is 6.01. The minimum absolute atomic E-state index is 0.0748. The summed E-state index contributed by atoms with van der Waals surface area (Å²) in [5, 5.41) is 10.7. The highest BCUT2D eigenvalue weighted by Crippen LogP contribution is 2.46. The van der Waals surface area contributed by atoms with Crippen LogP contribution in [0.1, 0.15) is 32.3 Å². The molecule has 1 aromatic carbocycles. The number of hydrogen-bond acceptors (Lipinski definition) is 5. The smallest absolute Gasteiger partial charge is 0.263 e. The zero-order valence-corrected chi connectivity index (χ0v) is 18.5. The molecule has 164 valence electrons. The van der Waals surface area contributed by atoms with Gasteiger partial charge >= 0.3 is 0 Å². The Hall–Kier alpha value is -3.29. The van der Waals surface area contributed by atoms with E-state index >= 15 is 0 Å². The summed E-state index contributed by atoms with van der Waals surface area (Å²) in [6.45, 7) is 4.29. The van der Waals surface area contributed by atoms with Gasteiger partial charge in [0.2, 0.25) is 0 Å². The van der Waals surface area contributed by atoms with Gasteiger partial charge in [-0.05, 0) is 49.9 Å². The number of rotatable bonds is 4. The minimum Gasteiger partial charge on any atom is -0.390 e. The maximum absolute atomic E-state index is 13.3. The van der Waals surface area contributed by atoms with Crippen molar-refractivity contribution in [3.63, 3.8) is 0 Å². The van der Waals surface area contributed by atoms with E-state index in [2.05, 4.69) is 9.97 Å². The maximum atomic E-state index is 13.3. The Bertz CT molecular complexity index is 1360. The second kappa shape index (κ2) is 7.12. The Morgan fingerprint density at radius 2 is 1.84 bits per heavy atom. The molecule has 1 fully saturated rings. The zero-order chi connectivity index (χ0) is 22.7. The van der Waals surface area contributed by atoms with E-state index < -0.39 is 11.1 Å². The summed E-state index contributed by atoms with van der Waals surface area (Å²) in [6.07, 6.45) is 4.40. The summed E-state index contributed by atoms with van der Waals surface area (Å²) in [7, 11) is 1.92. The fourth-order valence-corrected chi connectivity index (χ4v) is 5.14. The van der Waals surface area contributed by atoms with Gasteiger partial charge in [-0.2, -0.15) is 0 Å². The van der Waals surface area contributed by atoms with Gasteiger partial charge in [0.05, 0.1) is 28.7 Å². The summed E-state index contributed by atoms with van der Waals surface area (Å²) in [4.78, 5) is 22.4. The fourth-order valence-electron chi connectivity index (χ4n) is 5.14. The molecule has 7 nitrogen and oxygen atoms in total. The van der Waals surface area contributed by atoms with E-state index in [4.69, 9.17) is 5.73 Å². The van der Waals surface area contributed by atoms with Crippen LogP contribution in [-0.2, 0) is 19.1 Å². The van der Waals surface area contributed by atoms with Crippen LogP contribution in [0.25, 0.3) is 33.5 Å². The van der Waals surface area contributed by atoms with E-state index in [1.165, 1.54) is 0 Å². The summed E-state index contributed by atoms with van der Waals surface area (Å²) in [5.74, 6) is 0. The molecule has 0 saturated heterocycles. The average Bonchev–Trinajstić information content (AvgIpc) is 3.06. The van der Waals surface area contributed by atoms with Crippen molar-refractivity contribution >= 4 is 11.0 Å². The van der Waals surface area contributed by atoms with Crippen LogP contribution in [0.15, 0.2) is 59.8 Å². The third-order valence-corrected chi connectivity index (χ3v) is 6.55. The lowest BCUT2D eigenvalue weighted by atomic mass is 9.63. The quantitative estimate of drug-likeness (QED) is 0.519. The third kappa shape index (κ3) is 3.08. The predicted molar refractivity (Wildman–Crippen MR) is 125 cm³/mol. The lowest BCUT2D eigenvalue weighted by molar-refractivity contribution is -0.0738. The molecule has 0 aliphatic heterocycles. The molecule has 5 rings (SSSR count). The maximum Gasteiger partial charge on any atom is 0.263 e. The number of aliphatic hydroxyl groups is 1. The molecular weight excluding hydrogens is 402 g/mol. The Balaban J connectivity index is 1.72. The number of hydrogen-bond donors (Lipinski definition) is 2. The van der Waals surface area contributed by atoms with Gasteiger partial charge in [-0.15, -0.1) is 0 Å². The normalized spacial score (nSPS) is 22.8. The van der Waals surface area contributed by atoms with E-state index in [-0.39, 0.29) is 5.56 Å². The van der Waals surface area contributed by atoms with E-state index in [9.17, 15) is 9.90 Å². The van der Waals surface area contributed by atoms with Gasteiger partial charge in [0.15, 0.2) is 0 Å². The molecule has 0 atom stereocenters. The van der Waals surface area contributed by atoms with Gasteiger partial charge in [-0.25, -0.2) is 4.98 Å². The van der Waals surface area contributed by atoms with E-state index in [0.717, 1.165) is 28.1 Å². The first-order valence-electron chi connectivity index (χ1n) is 10.9. The van der Waals surface area contributed by atoms with Crippen molar-refractivity contribution in [1.82, 2.24) is 19.1 Å². The van der Waals surface area contributed by atoms with Crippen LogP contribution in [0.3, 0.4) is 0 Å². The van der Waals surface area contributed by atoms with Crippen LogP contribution < -0.4 is 11.3 Å². The largest absolute Gasteiger partial charge is 0.390 e. The van der Waals surface area contributed by atoms with Crippen molar-refractivity contribution in [2.75, 3.05) is 0 Å². The monoisotopic (exact) mass is 429 g/mol. The molecule has 0 bridgehead atoms. The molecule has 0 amide bonds. The van der Waals surface area contributed by atoms with Crippen molar-refractivity contribution in [2.24, 2.45) is 12.8 Å². The number of fused-ring (bicyclic) bond motifs is 1. The first-order chi connectivity index (χ1) is 15.2. The first-order valence-corrected chi connectivity index (χ1v) is 10.9. The average molecular weight is 430 g/mol. The lowest BCUT2D eigenvalue weighted by Gasteiger charge is -2.49. The molecule has 3 N–H and O–H groups in total. The first kappa shape index (κ1) is 20.6. The summed E-state index contributed by atoms with van der Waals surface area (Å²) >= 11 is 0. The van der Waals surface area contributed by atoms with Crippen LogP contribution in [0.4, 0.5) is 0 Å². The van der Waals surface area contributed by atoms with Crippen molar-refractivity contribution in [1.29, 1.82) is 0 Å². The van der Waals surface area contributed by atoms with E-state index in [0.29, 0.717) is 30.4 Å². The summed E-state index contributed by atoms with van der Waals surface area (Å²) < 4.78 is 3.57. The van der Waals surface area contributed by atoms with Gasteiger partial charge < -0.3 is 15.4 Å². The lowest BCUT2D eigenvalue weighted by Crippen LogP contribution is -2.58. The molecule has 1 aliphatic carbocycles. The third-order valence-electron chi connectivity index (χ3n) is 6.55. The molecule has 0 radical (unpaired) electrons. The molecule has 1 aliphatic rings. The van der Waals surface area contributed by atoms with Gasteiger partial charge in [-0.1, -0.05) is 30.3 Å². The number of aromatic nitrogens is 4. The molecule has 1 saturated carbocycles. The molecule has 3 aromatic heterocycles. The van der Waals surface area contributed by atoms with Crippen molar-refractivity contribution < 1.29 is 5.11 Å². The number of nitrogens with zero attached hydrogens (tertiary/aromatic N) is 4. The predicted octanol–water partition coefficient (Wildman–Crippen LogP) is 3.18. The summed E-state index contributed by atoms with van der Waals surface area (Å²) in [5.41, 5.74) is 10.2. The highest BCUT2D eigenvalue weighted by Gasteiger charge is 2.49. The zero-order valence-electron chi connectivity index (χ0n) is 18.5. The Morgan fingerprint density at radius 1 is 1.12 bits per heavy atom. The number of benzene rings is 1. The molecule has 0 spiro atoms. The van der Waals surface area contributed by atoms with Crippen LogP contribution in [0, 0.1) is 0 Å². The highest BCUT2D eigenvalue weighted by atomic mass is 16.3. The number of nitrogens with two attached hydrogens (primary N) is 1. The van der Waals surface area contributed by atoms with Gasteiger partial charge in [0.25, 0.3) is 5.56 Å². The summed E-state index contributed by atoms with van der Waals surface area (Å²) in [6, 6.07) is 13.8. The Labute approximate surface area is 186 Å². The molecule has 0 unspecified atom stereocenters. The second-order valence-electron chi connectivity index (χ2n) is 9.12. The second-order valence-corrected chi connectivity index (χ2v) is 9.12. The van der Waals surface area contributed by atoms with Gasteiger partial charge in [0.1, 0.15) is 5.65 Å². The van der Waals surface area contributed by atoms with Crippen molar-refractivity contribution in [3.05, 3.63) is 70.9 Å². The molecule has 7 heteroatoms. The van der Waals surface area contributed by atoms with Crippen molar-refractivity contribution in [2.45, 2.75) is 44.4 Å². The van der Waals surface area contributed by atoms with E-state index in [1.54, 1.807) is 17.1 Å². The fraction of sp³-hybridized carbons (Fsp3) is 0.320. The molecule has 3 heterocycles.